The molecule has 1 N–H and O–H groups in total. The van der Waals surface area contributed by atoms with E-state index in [4.69, 9.17) is 0 Å². The molecule has 0 saturated heterocycles. The van der Waals surface area contributed by atoms with Crippen molar-refractivity contribution in [2.45, 2.75) is 0 Å². The van der Waals surface area contributed by atoms with Crippen LogP contribution in [0.4, 0.5) is 0 Å². The fourth-order valence-corrected chi connectivity index (χ4v) is 4.20. The Labute approximate surface area is 230 Å². The number of benzene rings is 4. The van der Waals surface area contributed by atoms with E-state index >= 15 is 0 Å². The molecular weight excluding hydrogens is 637 g/mol. The number of nitrogens with zero attached hydrogens (tertiary/aromatic N) is 3. The van der Waals surface area contributed by atoms with E-state index < -0.39 is 0 Å². The zero-order valence-electron chi connectivity index (χ0n) is 20.2. The summed E-state index contributed by atoms with van der Waals surface area (Å²) in [5.74, 6) is 0.222. The molecule has 0 fully saturated rings. The van der Waals surface area contributed by atoms with Crippen LogP contribution in [0.25, 0.3) is 38.3 Å². The quantitative estimate of drug-likeness (QED) is 0.120. The van der Waals surface area contributed by atoms with Gasteiger partial charge in [-0.15, -0.1) is 0 Å². The van der Waals surface area contributed by atoms with Crippen LogP contribution in [0, 0.1) is 0 Å². The summed E-state index contributed by atoms with van der Waals surface area (Å²) < 4.78 is 0. The topological polar surface area (TPSA) is 58.4 Å². The van der Waals surface area contributed by atoms with E-state index in [0.29, 0.717) is 0 Å². The van der Waals surface area contributed by atoms with Crippen LogP contribution in [0.2, 0.25) is 0 Å². The van der Waals surface area contributed by atoms with Crippen LogP contribution in [0.3, 0.4) is 0 Å². The summed E-state index contributed by atoms with van der Waals surface area (Å²) in [6.07, 6.45) is 5.36. The molecule has 2 aromatic heterocycles. The van der Waals surface area contributed by atoms with Gasteiger partial charge in [0, 0.05) is 68.3 Å². The third-order valence-electron chi connectivity index (χ3n) is 5.98. The van der Waals surface area contributed by atoms with E-state index in [1.54, 1.807) is 13.1 Å². The number of fused-ring (bicyclic) bond motifs is 5. The molecule has 0 radical (unpaired) electrons. The van der Waals surface area contributed by atoms with E-state index in [0.717, 1.165) is 44.0 Å². The predicted octanol–water partition coefficient (Wildman–Crippen LogP) is 7.64. The van der Waals surface area contributed by atoms with Gasteiger partial charge in [-0.05, 0) is 23.1 Å². The normalized spacial score (nSPS) is 11.6. The van der Waals surface area contributed by atoms with Crippen molar-refractivity contribution in [3.05, 3.63) is 139 Å². The van der Waals surface area contributed by atoms with Crippen LogP contribution in [0.5, 0.6) is 0 Å². The van der Waals surface area contributed by atoms with E-state index in [-0.39, 0.29) is 26.8 Å². The van der Waals surface area contributed by atoms with Crippen molar-refractivity contribution in [2.24, 2.45) is 4.99 Å². The van der Waals surface area contributed by atoms with Gasteiger partial charge in [-0.25, -0.2) is 0 Å². The van der Waals surface area contributed by atoms with Crippen molar-refractivity contribution >= 4 is 44.0 Å². The van der Waals surface area contributed by atoms with Crippen molar-refractivity contribution in [3.8, 4) is 0 Å². The van der Waals surface area contributed by atoms with Gasteiger partial charge in [0.05, 0.1) is 16.7 Å². The standard InChI is InChI=1S/C16H10N2.C16H15NO.Pt/c1-3-12-7-5-11-6-8-13-4-2-10-18-16(13)14(11)15(12)17-9-1;1-17-15(13-8-4-2-5-9-13)12-16(18)14-10-6-3-7-11-14;/h1-10H;2-12,18H,1H3;/b;16-12-,17-15?;. The SMILES string of the molecule is CN=C(/C=C(\O)c1ccccc1)c1ccccc1.[Pt].c1cnc2c(c1)ccc1ccc3cccnc3c12. The number of rotatable bonds is 3. The van der Waals surface area contributed by atoms with Crippen molar-refractivity contribution in [2.75, 3.05) is 7.05 Å². The third kappa shape index (κ3) is 5.82. The monoisotopic (exact) mass is 662 g/mol. The average Bonchev–Trinajstić information content (AvgIpc) is 2.96. The molecule has 0 unspecified atom stereocenters. The zero-order chi connectivity index (χ0) is 24.7. The molecule has 2 heterocycles. The molecular formula is C32H25N3OPt. The van der Waals surface area contributed by atoms with Crippen molar-refractivity contribution in [1.29, 1.82) is 0 Å². The molecule has 0 spiro atoms. The number of aliphatic hydroxyl groups is 1. The summed E-state index contributed by atoms with van der Waals surface area (Å²) in [6.45, 7) is 0. The number of hydrogen-bond acceptors (Lipinski definition) is 4. The van der Waals surface area contributed by atoms with Crippen LogP contribution < -0.4 is 0 Å². The molecule has 37 heavy (non-hydrogen) atoms. The first-order chi connectivity index (χ1) is 17.7. The second-order valence-electron chi connectivity index (χ2n) is 8.25. The zero-order valence-corrected chi connectivity index (χ0v) is 22.5. The van der Waals surface area contributed by atoms with E-state index in [1.807, 2.05) is 85.2 Å². The van der Waals surface area contributed by atoms with E-state index in [2.05, 4.69) is 51.4 Å². The summed E-state index contributed by atoms with van der Waals surface area (Å²) in [6, 6.07) is 35.8. The first kappa shape index (κ1) is 25.9. The molecule has 0 bridgehead atoms. The van der Waals surface area contributed by atoms with Gasteiger partial charge in [-0.2, -0.15) is 0 Å². The van der Waals surface area contributed by atoms with Crippen LogP contribution in [0.15, 0.2) is 133 Å². The fraction of sp³-hybridized carbons (Fsp3) is 0.0312. The van der Waals surface area contributed by atoms with Crippen molar-refractivity contribution < 1.29 is 26.2 Å². The number of hydrogen-bond donors (Lipinski definition) is 1. The molecule has 6 aromatic rings. The maximum Gasteiger partial charge on any atom is 0.124 e. The molecule has 5 heteroatoms. The van der Waals surface area contributed by atoms with E-state index in [9.17, 15) is 5.11 Å². The van der Waals surface area contributed by atoms with Gasteiger partial charge in [0.15, 0.2) is 0 Å². The molecule has 6 rings (SSSR count). The molecule has 0 aliphatic carbocycles. The first-order valence-electron chi connectivity index (χ1n) is 11.7. The number of allylic oxidation sites excluding steroid dienone is 1. The molecule has 4 aromatic carbocycles. The minimum absolute atomic E-state index is 0. The van der Waals surface area contributed by atoms with Gasteiger partial charge in [0.2, 0.25) is 0 Å². The molecule has 0 amide bonds. The summed E-state index contributed by atoms with van der Waals surface area (Å²) in [4.78, 5) is 13.2. The van der Waals surface area contributed by atoms with Crippen LogP contribution in [0.1, 0.15) is 11.1 Å². The Bertz CT molecular complexity index is 1630. The average molecular weight is 663 g/mol. The summed E-state index contributed by atoms with van der Waals surface area (Å²) >= 11 is 0. The number of pyridine rings is 2. The Hall–Kier alpha value is -4.14. The van der Waals surface area contributed by atoms with Gasteiger partial charge in [0.1, 0.15) is 5.76 Å². The van der Waals surface area contributed by atoms with Crippen LogP contribution in [-0.4, -0.2) is 27.8 Å². The van der Waals surface area contributed by atoms with Crippen LogP contribution in [-0.2, 0) is 21.1 Å². The Morgan fingerprint density at radius 2 is 1.11 bits per heavy atom. The summed E-state index contributed by atoms with van der Waals surface area (Å²) in [5.41, 5.74) is 4.59. The Morgan fingerprint density at radius 3 is 1.62 bits per heavy atom. The van der Waals surface area contributed by atoms with Crippen LogP contribution >= 0.6 is 0 Å². The third-order valence-corrected chi connectivity index (χ3v) is 5.98. The smallest absolute Gasteiger partial charge is 0.124 e. The number of aromatic nitrogens is 2. The fourth-order valence-electron chi connectivity index (χ4n) is 4.20. The molecule has 0 aliphatic rings. The Kier molecular flexibility index (Phi) is 8.55. The first-order valence-corrected chi connectivity index (χ1v) is 11.7. The number of aliphatic hydroxyl groups excluding tert-OH is 1. The van der Waals surface area contributed by atoms with Gasteiger partial charge in [-0.1, -0.05) is 97.1 Å². The molecule has 0 saturated carbocycles. The molecule has 184 valence electrons. The molecule has 0 aliphatic heterocycles. The minimum atomic E-state index is 0. The van der Waals surface area contributed by atoms with Gasteiger partial charge >= 0.3 is 0 Å². The van der Waals surface area contributed by atoms with Gasteiger partial charge in [-0.3, -0.25) is 15.0 Å². The Balaban J connectivity index is 0.000000168. The largest absolute Gasteiger partial charge is 0.507 e. The summed E-state index contributed by atoms with van der Waals surface area (Å²) in [7, 11) is 1.72. The van der Waals surface area contributed by atoms with E-state index in [1.165, 1.54) is 5.39 Å². The predicted molar refractivity (Wildman–Crippen MR) is 151 cm³/mol. The van der Waals surface area contributed by atoms with Gasteiger partial charge < -0.3 is 5.11 Å². The van der Waals surface area contributed by atoms with Crippen molar-refractivity contribution in [1.82, 2.24) is 9.97 Å². The van der Waals surface area contributed by atoms with Gasteiger partial charge in [0.25, 0.3) is 0 Å². The second kappa shape index (κ2) is 12.2. The molecule has 4 nitrogen and oxygen atoms in total. The maximum atomic E-state index is 10.1. The molecule has 0 atom stereocenters. The van der Waals surface area contributed by atoms with Crippen molar-refractivity contribution in [3.63, 3.8) is 0 Å². The maximum absolute atomic E-state index is 10.1. The minimum Gasteiger partial charge on any atom is -0.507 e. The Morgan fingerprint density at radius 1 is 0.622 bits per heavy atom. The number of aliphatic imine (C=N–C) groups is 1. The second-order valence-corrected chi connectivity index (χ2v) is 8.25. The summed E-state index contributed by atoms with van der Waals surface area (Å²) in [5, 5.41) is 14.7.